The molecular weight excluding hydrogens is 743 g/mol. The van der Waals surface area contributed by atoms with E-state index in [4.69, 9.17) is 25.8 Å². The van der Waals surface area contributed by atoms with Crippen molar-refractivity contribution in [1.29, 1.82) is 0 Å². The molecule has 0 saturated heterocycles. The molecule has 0 aliphatic rings. The first-order chi connectivity index (χ1) is 26.6. The van der Waals surface area contributed by atoms with Gasteiger partial charge in [-0.05, 0) is 83.3 Å². The van der Waals surface area contributed by atoms with Crippen LogP contribution < -0.4 is 9.05 Å². The van der Waals surface area contributed by atoms with Gasteiger partial charge in [0.25, 0.3) is 0 Å². The molecule has 0 radical (unpaired) electrons. The van der Waals surface area contributed by atoms with Crippen molar-refractivity contribution in [2.75, 3.05) is 0 Å². The molecule has 0 amide bonds. The van der Waals surface area contributed by atoms with Crippen LogP contribution in [0.5, 0.6) is 11.5 Å². The van der Waals surface area contributed by atoms with Gasteiger partial charge in [-0.2, -0.15) is 0 Å². The summed E-state index contributed by atoms with van der Waals surface area (Å²) in [5.74, 6) is 1.32. The summed E-state index contributed by atoms with van der Waals surface area (Å²) >= 11 is 1.60. The zero-order valence-corrected chi connectivity index (χ0v) is 34.5. The normalized spacial score (nSPS) is 12.0. The van der Waals surface area contributed by atoms with Crippen molar-refractivity contribution < 1.29 is 25.8 Å². The number of para-hydroxylation sites is 4. The molecule has 0 saturated carbocycles. The van der Waals surface area contributed by atoms with Gasteiger partial charge in [0, 0.05) is 21.5 Å². The first kappa shape index (κ1) is 37.0. The maximum atomic E-state index is 6.77. The summed E-state index contributed by atoms with van der Waals surface area (Å²) < 4.78 is 39.5. The summed E-state index contributed by atoms with van der Waals surface area (Å²) in [5.41, 5.74) is 5.15. The van der Waals surface area contributed by atoms with Gasteiger partial charge in [-0.3, -0.25) is 0 Å². The van der Waals surface area contributed by atoms with Crippen LogP contribution in [0.25, 0.3) is 43.9 Å². The minimum absolute atomic E-state index is 0.0657. The highest BCUT2D eigenvalue weighted by Crippen LogP contribution is 2.49. The van der Waals surface area contributed by atoms with E-state index in [2.05, 4.69) is 65.8 Å². The second kappa shape index (κ2) is 15.3. The van der Waals surface area contributed by atoms with Gasteiger partial charge in [0.1, 0.15) is 22.3 Å². The molecule has 8 aromatic rings. The second-order valence-electron chi connectivity index (χ2n) is 14.9. The highest BCUT2D eigenvalue weighted by Gasteiger charge is 2.25. The van der Waals surface area contributed by atoms with Crippen LogP contribution >= 0.6 is 28.2 Å². The third-order valence-corrected chi connectivity index (χ3v) is 13.8. The molecule has 8 rings (SSSR count). The van der Waals surface area contributed by atoms with E-state index in [1.54, 1.807) is 11.8 Å². The topological polar surface area (TPSA) is 71.0 Å². The van der Waals surface area contributed by atoms with E-state index in [0.717, 1.165) is 66.5 Å². The van der Waals surface area contributed by atoms with E-state index in [0.29, 0.717) is 11.5 Å². The van der Waals surface area contributed by atoms with Crippen LogP contribution in [-0.4, -0.2) is 0 Å². The SMILES string of the molecule is CCC(C)(C)c1ccc(Op2oc3ccccc3c3ccccc3o2)c(Sc2cc(C(C)(C)CC)ccc2Op2oc3ccccc3c3ccccc3o2)c1. The van der Waals surface area contributed by atoms with E-state index in [9.17, 15) is 0 Å². The average Bonchev–Trinajstić information content (AvgIpc) is 3.46. The van der Waals surface area contributed by atoms with Gasteiger partial charge in [0.05, 0.1) is 9.79 Å². The van der Waals surface area contributed by atoms with Gasteiger partial charge in [-0.1, -0.05) is 138 Å². The minimum atomic E-state index is -1.86. The lowest BCUT2D eigenvalue weighted by Gasteiger charge is -2.26. The predicted molar refractivity (Wildman–Crippen MR) is 228 cm³/mol. The molecular formula is C46H44O6P2S. The van der Waals surface area contributed by atoms with E-state index >= 15 is 0 Å². The van der Waals surface area contributed by atoms with Gasteiger partial charge < -0.3 is 25.8 Å². The largest absolute Gasteiger partial charge is 0.453 e. The van der Waals surface area contributed by atoms with Crippen LogP contribution in [0.3, 0.4) is 0 Å². The molecule has 6 nitrogen and oxygen atoms in total. The van der Waals surface area contributed by atoms with Crippen molar-refractivity contribution in [3.8, 4) is 11.5 Å². The molecule has 0 bridgehead atoms. The standard InChI is InChI=1S/C46H44O6P2S/c1-7-45(3,4)31-25-27-41(51-53-47-37-21-13-9-17-33(37)34-18-10-14-22-38(34)48-53)43(29-31)55-44-30-32(46(5,6)8-2)26-28-42(44)52-54-49-39-23-15-11-19-35(39)36-20-12-16-24-40(36)50-54/h9-30H,7-8H2,1-6H3. The summed E-state index contributed by atoms with van der Waals surface area (Å²) in [7, 11) is -3.73. The molecule has 0 aliphatic carbocycles. The summed E-state index contributed by atoms with van der Waals surface area (Å²) in [6, 6.07) is 44.8. The Morgan fingerprint density at radius 2 is 0.764 bits per heavy atom. The Kier molecular flexibility index (Phi) is 10.3. The molecule has 0 N–H and O–H groups in total. The number of hydrogen-bond acceptors (Lipinski definition) is 7. The Morgan fingerprint density at radius 3 is 1.07 bits per heavy atom. The van der Waals surface area contributed by atoms with E-state index in [1.807, 2.05) is 109 Å². The Bertz CT molecular complexity index is 2450. The minimum Gasteiger partial charge on any atom is -0.390 e. The fourth-order valence-corrected chi connectivity index (χ4v) is 9.66. The van der Waals surface area contributed by atoms with Crippen molar-refractivity contribution >= 4 is 72.1 Å². The summed E-state index contributed by atoms with van der Waals surface area (Å²) in [6.45, 7) is 13.5. The zero-order valence-electron chi connectivity index (χ0n) is 31.9. The summed E-state index contributed by atoms with van der Waals surface area (Å²) in [4.78, 5) is 1.84. The van der Waals surface area contributed by atoms with Crippen LogP contribution in [0.15, 0.2) is 160 Å². The average molecular weight is 787 g/mol. The van der Waals surface area contributed by atoms with Crippen LogP contribution in [0, 0.1) is 0 Å². The number of benzene rings is 6. The lowest BCUT2D eigenvalue weighted by Crippen LogP contribution is -2.15. The highest BCUT2D eigenvalue weighted by atomic mass is 32.2. The number of rotatable bonds is 10. The van der Waals surface area contributed by atoms with Crippen LogP contribution in [0.1, 0.15) is 65.5 Å². The van der Waals surface area contributed by atoms with Gasteiger partial charge in [0.15, 0.2) is 11.5 Å². The fraction of sp³-hybridized carbons (Fsp3) is 0.217. The molecule has 0 fully saturated rings. The molecule has 55 heavy (non-hydrogen) atoms. The zero-order chi connectivity index (χ0) is 38.2. The Labute approximate surface area is 327 Å². The summed E-state index contributed by atoms with van der Waals surface area (Å²) in [5, 5.41) is 3.87. The maximum absolute atomic E-state index is 6.77. The van der Waals surface area contributed by atoms with Crippen LogP contribution in [-0.2, 0) is 10.8 Å². The molecule has 2 heterocycles. The number of fused-ring (bicyclic) bond motifs is 6. The molecule has 0 unspecified atom stereocenters. The molecule has 0 spiro atoms. The fourth-order valence-electron chi connectivity index (χ4n) is 6.36. The lowest BCUT2D eigenvalue weighted by atomic mass is 9.82. The molecule has 9 heteroatoms. The molecule has 6 aromatic carbocycles. The van der Waals surface area contributed by atoms with Gasteiger partial charge >= 0.3 is 16.5 Å². The first-order valence-corrected chi connectivity index (χ1v) is 21.6. The van der Waals surface area contributed by atoms with Gasteiger partial charge in [-0.25, -0.2) is 0 Å². The smallest absolute Gasteiger partial charge is 0.390 e. The summed E-state index contributed by atoms with van der Waals surface area (Å²) in [6.07, 6.45) is 1.94. The Hall–Kier alpha value is -4.93. The Morgan fingerprint density at radius 1 is 0.455 bits per heavy atom. The highest BCUT2D eigenvalue weighted by molar-refractivity contribution is 7.99. The molecule has 0 atom stereocenters. The van der Waals surface area contributed by atoms with Crippen LogP contribution in [0.2, 0.25) is 0 Å². The molecule has 2 aromatic heterocycles. The quantitative estimate of drug-likeness (QED) is 0.137. The van der Waals surface area contributed by atoms with E-state index in [1.165, 1.54) is 11.1 Å². The van der Waals surface area contributed by atoms with E-state index < -0.39 is 16.5 Å². The molecule has 0 aliphatic heterocycles. The first-order valence-electron chi connectivity index (χ1n) is 18.6. The predicted octanol–water partition coefficient (Wildman–Crippen LogP) is 16.1. The number of hydrogen-bond donors (Lipinski definition) is 0. The second-order valence-corrected chi connectivity index (χ2v) is 18.0. The van der Waals surface area contributed by atoms with Crippen molar-refractivity contribution in [3.63, 3.8) is 0 Å². The van der Waals surface area contributed by atoms with Crippen molar-refractivity contribution in [3.05, 3.63) is 145 Å². The van der Waals surface area contributed by atoms with Crippen LogP contribution in [0.4, 0.5) is 0 Å². The van der Waals surface area contributed by atoms with Gasteiger partial charge in [0.2, 0.25) is 0 Å². The molecule has 280 valence electrons. The lowest BCUT2D eigenvalue weighted by molar-refractivity contribution is 0.484. The third kappa shape index (κ3) is 7.67. The Balaban J connectivity index is 1.28. The van der Waals surface area contributed by atoms with Crippen molar-refractivity contribution in [2.45, 2.75) is 75.0 Å². The maximum Gasteiger partial charge on any atom is 0.453 e. The van der Waals surface area contributed by atoms with Crippen molar-refractivity contribution in [2.24, 2.45) is 0 Å². The van der Waals surface area contributed by atoms with Gasteiger partial charge in [-0.15, -0.1) is 0 Å². The monoisotopic (exact) mass is 786 g/mol. The van der Waals surface area contributed by atoms with E-state index in [-0.39, 0.29) is 10.8 Å². The van der Waals surface area contributed by atoms with Crippen molar-refractivity contribution in [1.82, 2.24) is 0 Å². The third-order valence-electron chi connectivity index (χ3n) is 10.6.